The van der Waals surface area contributed by atoms with Crippen molar-refractivity contribution in [3.8, 4) is 0 Å². The van der Waals surface area contributed by atoms with Gasteiger partial charge in [0.2, 0.25) is 0 Å². The standard InChI is InChI=1S/C15H21N3O/c1-18-14-8-11(10-16)5-6-13(14)17-15(18)9-12-4-2-3-7-19-12/h5-6,8,12H,2-4,7,9-10,16H2,1H3. The lowest BCUT2D eigenvalue weighted by molar-refractivity contribution is 0.0153. The minimum atomic E-state index is 0.332. The molecular weight excluding hydrogens is 238 g/mol. The van der Waals surface area contributed by atoms with E-state index in [-0.39, 0.29) is 0 Å². The van der Waals surface area contributed by atoms with Crippen molar-refractivity contribution in [2.24, 2.45) is 12.8 Å². The first-order valence-electron chi connectivity index (χ1n) is 7.04. The Kier molecular flexibility index (Phi) is 3.53. The Bertz CT molecular complexity index is 570. The highest BCUT2D eigenvalue weighted by molar-refractivity contribution is 5.76. The lowest BCUT2D eigenvalue weighted by Gasteiger charge is -2.22. The number of rotatable bonds is 3. The van der Waals surface area contributed by atoms with E-state index in [0.717, 1.165) is 41.9 Å². The third-order valence-corrected chi connectivity index (χ3v) is 3.96. The summed E-state index contributed by atoms with van der Waals surface area (Å²) in [6.45, 7) is 1.47. The van der Waals surface area contributed by atoms with Crippen LogP contribution in [0.4, 0.5) is 0 Å². The van der Waals surface area contributed by atoms with E-state index in [9.17, 15) is 0 Å². The highest BCUT2D eigenvalue weighted by atomic mass is 16.5. The van der Waals surface area contributed by atoms with Crippen LogP contribution >= 0.6 is 0 Å². The fraction of sp³-hybridized carbons (Fsp3) is 0.533. The van der Waals surface area contributed by atoms with E-state index in [1.807, 2.05) is 0 Å². The van der Waals surface area contributed by atoms with Crippen molar-refractivity contribution in [1.82, 2.24) is 9.55 Å². The second-order valence-corrected chi connectivity index (χ2v) is 5.31. The molecule has 0 spiro atoms. The van der Waals surface area contributed by atoms with Crippen LogP contribution in [0.3, 0.4) is 0 Å². The number of aryl methyl sites for hydroxylation is 1. The van der Waals surface area contributed by atoms with Crippen LogP contribution in [0.5, 0.6) is 0 Å². The largest absolute Gasteiger partial charge is 0.378 e. The summed E-state index contributed by atoms with van der Waals surface area (Å²) in [6.07, 6.45) is 4.85. The molecule has 1 aromatic heterocycles. The highest BCUT2D eigenvalue weighted by Crippen LogP contribution is 2.21. The van der Waals surface area contributed by atoms with Gasteiger partial charge in [-0.05, 0) is 37.0 Å². The third kappa shape index (κ3) is 2.51. The number of aromatic nitrogens is 2. The summed E-state index contributed by atoms with van der Waals surface area (Å²) in [4.78, 5) is 4.72. The van der Waals surface area contributed by atoms with E-state index >= 15 is 0 Å². The van der Waals surface area contributed by atoms with Gasteiger partial charge in [-0.25, -0.2) is 4.98 Å². The highest BCUT2D eigenvalue weighted by Gasteiger charge is 2.18. The Morgan fingerprint density at radius 3 is 3.05 bits per heavy atom. The summed E-state index contributed by atoms with van der Waals surface area (Å²) in [5.74, 6) is 1.11. The van der Waals surface area contributed by atoms with E-state index in [1.54, 1.807) is 0 Å². The van der Waals surface area contributed by atoms with Crippen LogP contribution in [-0.4, -0.2) is 22.3 Å². The van der Waals surface area contributed by atoms with Gasteiger partial charge in [0.05, 0.1) is 17.1 Å². The number of hydrogen-bond acceptors (Lipinski definition) is 3. The molecule has 3 rings (SSSR count). The number of benzene rings is 1. The van der Waals surface area contributed by atoms with Gasteiger partial charge in [-0.15, -0.1) is 0 Å². The Labute approximate surface area is 113 Å². The zero-order chi connectivity index (χ0) is 13.2. The van der Waals surface area contributed by atoms with Crippen LogP contribution in [0.15, 0.2) is 18.2 Å². The van der Waals surface area contributed by atoms with Crippen LogP contribution in [-0.2, 0) is 24.8 Å². The van der Waals surface area contributed by atoms with Crippen molar-refractivity contribution in [3.05, 3.63) is 29.6 Å². The van der Waals surface area contributed by atoms with Gasteiger partial charge in [-0.1, -0.05) is 6.07 Å². The maximum Gasteiger partial charge on any atom is 0.112 e. The molecular formula is C15H21N3O. The Hall–Kier alpha value is -1.39. The van der Waals surface area contributed by atoms with Crippen molar-refractivity contribution < 1.29 is 4.74 Å². The number of imidazole rings is 1. The molecule has 1 saturated heterocycles. The summed E-state index contributed by atoms with van der Waals surface area (Å²) in [6, 6.07) is 6.24. The molecule has 19 heavy (non-hydrogen) atoms. The van der Waals surface area contributed by atoms with Gasteiger partial charge in [-0.3, -0.25) is 0 Å². The number of ether oxygens (including phenoxy) is 1. The van der Waals surface area contributed by atoms with Gasteiger partial charge >= 0.3 is 0 Å². The number of hydrogen-bond donors (Lipinski definition) is 1. The Morgan fingerprint density at radius 2 is 2.32 bits per heavy atom. The van der Waals surface area contributed by atoms with Crippen LogP contribution in [0.2, 0.25) is 0 Å². The van der Waals surface area contributed by atoms with Crippen LogP contribution in [0.1, 0.15) is 30.7 Å². The predicted molar refractivity (Wildman–Crippen MR) is 75.9 cm³/mol. The monoisotopic (exact) mass is 259 g/mol. The zero-order valence-corrected chi connectivity index (χ0v) is 11.4. The van der Waals surface area contributed by atoms with Crippen molar-refractivity contribution in [2.45, 2.75) is 38.3 Å². The molecule has 1 unspecified atom stereocenters. The number of nitrogens with zero attached hydrogens (tertiary/aromatic N) is 2. The Morgan fingerprint density at radius 1 is 1.42 bits per heavy atom. The third-order valence-electron chi connectivity index (χ3n) is 3.96. The lowest BCUT2D eigenvalue weighted by atomic mass is 10.1. The second kappa shape index (κ2) is 5.31. The van der Waals surface area contributed by atoms with E-state index in [1.165, 1.54) is 12.8 Å². The molecule has 2 heterocycles. The number of nitrogens with two attached hydrogens (primary N) is 1. The minimum Gasteiger partial charge on any atom is -0.378 e. The first-order valence-corrected chi connectivity index (χ1v) is 7.04. The van der Waals surface area contributed by atoms with E-state index in [4.69, 9.17) is 15.5 Å². The van der Waals surface area contributed by atoms with Crippen molar-refractivity contribution in [3.63, 3.8) is 0 Å². The quantitative estimate of drug-likeness (QED) is 0.919. The van der Waals surface area contributed by atoms with Crippen LogP contribution in [0, 0.1) is 0 Å². The summed E-state index contributed by atoms with van der Waals surface area (Å²) in [5, 5.41) is 0. The number of fused-ring (bicyclic) bond motifs is 1. The molecule has 0 radical (unpaired) electrons. The fourth-order valence-electron chi connectivity index (χ4n) is 2.77. The molecule has 1 fully saturated rings. The first kappa shape index (κ1) is 12.6. The smallest absolute Gasteiger partial charge is 0.112 e. The molecule has 1 aliphatic rings. The van der Waals surface area contributed by atoms with Gasteiger partial charge in [0.1, 0.15) is 5.82 Å². The molecule has 1 atom stereocenters. The summed E-state index contributed by atoms with van der Waals surface area (Å²) in [7, 11) is 2.08. The first-order chi connectivity index (χ1) is 9.28. The van der Waals surface area contributed by atoms with Gasteiger partial charge in [0, 0.05) is 26.6 Å². The fourth-order valence-corrected chi connectivity index (χ4v) is 2.77. The average Bonchev–Trinajstić information content (AvgIpc) is 2.76. The summed E-state index contributed by atoms with van der Waals surface area (Å²) in [5.41, 5.74) is 9.05. The van der Waals surface area contributed by atoms with E-state index in [2.05, 4.69) is 29.8 Å². The Balaban J connectivity index is 1.88. The predicted octanol–water partition coefficient (Wildman–Crippen LogP) is 2.14. The summed E-state index contributed by atoms with van der Waals surface area (Å²) >= 11 is 0. The molecule has 1 aromatic carbocycles. The normalized spacial score (nSPS) is 20.0. The maximum absolute atomic E-state index is 5.80. The molecule has 2 N–H and O–H groups in total. The summed E-state index contributed by atoms with van der Waals surface area (Å²) < 4.78 is 7.98. The van der Waals surface area contributed by atoms with Crippen molar-refractivity contribution >= 4 is 11.0 Å². The SMILES string of the molecule is Cn1c(CC2CCCCO2)nc2ccc(CN)cc21. The molecule has 0 bridgehead atoms. The molecule has 4 nitrogen and oxygen atoms in total. The van der Waals surface area contributed by atoms with E-state index < -0.39 is 0 Å². The van der Waals surface area contributed by atoms with Crippen LogP contribution in [0.25, 0.3) is 11.0 Å². The molecule has 1 aliphatic heterocycles. The molecule has 0 saturated carbocycles. The van der Waals surface area contributed by atoms with Gasteiger partial charge < -0.3 is 15.0 Å². The zero-order valence-electron chi connectivity index (χ0n) is 11.4. The minimum absolute atomic E-state index is 0.332. The molecule has 0 amide bonds. The van der Waals surface area contributed by atoms with Crippen molar-refractivity contribution in [1.29, 1.82) is 0 Å². The van der Waals surface area contributed by atoms with Crippen molar-refractivity contribution in [2.75, 3.05) is 6.61 Å². The topological polar surface area (TPSA) is 53.1 Å². The lowest BCUT2D eigenvalue weighted by Crippen LogP contribution is -2.22. The molecule has 4 heteroatoms. The van der Waals surface area contributed by atoms with Gasteiger partial charge in [0.15, 0.2) is 0 Å². The van der Waals surface area contributed by atoms with E-state index in [0.29, 0.717) is 12.6 Å². The second-order valence-electron chi connectivity index (χ2n) is 5.31. The van der Waals surface area contributed by atoms with Crippen LogP contribution < -0.4 is 5.73 Å². The molecule has 0 aliphatic carbocycles. The van der Waals surface area contributed by atoms with Gasteiger partial charge in [-0.2, -0.15) is 0 Å². The van der Waals surface area contributed by atoms with Gasteiger partial charge in [0.25, 0.3) is 0 Å². The molecule has 2 aromatic rings. The average molecular weight is 259 g/mol. The molecule has 102 valence electrons. The maximum atomic E-state index is 5.80.